The van der Waals surface area contributed by atoms with Crippen molar-refractivity contribution in [3.05, 3.63) is 0 Å². The number of hydrogen-bond donors (Lipinski definition) is 3. The Morgan fingerprint density at radius 3 is 2.21 bits per heavy atom. The Morgan fingerprint density at radius 2 is 1.79 bits per heavy atom. The number of carboxylic acids is 1. The molecule has 1 atom stereocenters. The molecule has 0 aliphatic carbocycles. The first kappa shape index (κ1) is 17.4. The lowest BCUT2D eigenvalue weighted by molar-refractivity contribution is -0.149. The van der Waals surface area contributed by atoms with Crippen molar-refractivity contribution in [3.8, 4) is 0 Å². The lowest BCUT2D eigenvalue weighted by atomic mass is 9.89. The number of carbonyl (C=O) groups excluding carboxylic acids is 2. The molecule has 0 aromatic carbocycles. The molecule has 0 rings (SSSR count). The van der Waals surface area contributed by atoms with Gasteiger partial charge >= 0.3 is 12.0 Å². The standard InChI is InChI=1S/C13H24N2O4/c1-5-7-9(6-2)14-12(19)15-10(16)8-13(3,4)11(17)18/h9H,5-8H2,1-4H3,(H,17,18)(H2,14,15,16,19). The van der Waals surface area contributed by atoms with E-state index in [1.807, 2.05) is 13.8 Å². The first-order valence-corrected chi connectivity index (χ1v) is 6.56. The third kappa shape index (κ3) is 6.79. The van der Waals surface area contributed by atoms with Gasteiger partial charge in [-0.3, -0.25) is 14.9 Å². The summed E-state index contributed by atoms with van der Waals surface area (Å²) in [5.74, 6) is -1.66. The van der Waals surface area contributed by atoms with E-state index in [9.17, 15) is 14.4 Å². The SMILES string of the molecule is CCCC(CC)NC(=O)NC(=O)CC(C)(C)C(=O)O. The van der Waals surface area contributed by atoms with E-state index in [0.717, 1.165) is 19.3 Å². The molecule has 19 heavy (non-hydrogen) atoms. The van der Waals surface area contributed by atoms with Crippen molar-refractivity contribution in [2.24, 2.45) is 5.41 Å². The van der Waals surface area contributed by atoms with E-state index >= 15 is 0 Å². The highest BCUT2D eigenvalue weighted by Gasteiger charge is 2.30. The van der Waals surface area contributed by atoms with Crippen molar-refractivity contribution in [2.75, 3.05) is 0 Å². The summed E-state index contributed by atoms with van der Waals surface area (Å²) < 4.78 is 0. The minimum atomic E-state index is -1.18. The van der Waals surface area contributed by atoms with Crippen LogP contribution in [0.25, 0.3) is 0 Å². The van der Waals surface area contributed by atoms with Gasteiger partial charge in [0.15, 0.2) is 0 Å². The van der Waals surface area contributed by atoms with Crippen molar-refractivity contribution in [3.63, 3.8) is 0 Å². The number of carboxylic acid groups (broad SMARTS) is 1. The summed E-state index contributed by atoms with van der Waals surface area (Å²) in [7, 11) is 0. The lowest BCUT2D eigenvalue weighted by Crippen LogP contribution is -2.45. The van der Waals surface area contributed by atoms with Gasteiger partial charge in [-0.25, -0.2) is 4.79 Å². The van der Waals surface area contributed by atoms with Crippen LogP contribution in [0.3, 0.4) is 0 Å². The van der Waals surface area contributed by atoms with Gasteiger partial charge in [-0.1, -0.05) is 20.3 Å². The third-order valence-electron chi connectivity index (χ3n) is 2.90. The molecule has 0 aliphatic rings. The molecule has 0 radical (unpaired) electrons. The van der Waals surface area contributed by atoms with Gasteiger partial charge in [-0.05, 0) is 26.7 Å². The quantitative estimate of drug-likeness (QED) is 0.659. The average molecular weight is 272 g/mol. The van der Waals surface area contributed by atoms with E-state index in [1.54, 1.807) is 0 Å². The molecule has 3 N–H and O–H groups in total. The van der Waals surface area contributed by atoms with Crippen LogP contribution in [0.4, 0.5) is 4.79 Å². The monoisotopic (exact) mass is 272 g/mol. The molecule has 3 amide bonds. The van der Waals surface area contributed by atoms with Crippen LogP contribution in [0, 0.1) is 5.41 Å². The van der Waals surface area contributed by atoms with Gasteiger partial charge in [-0.2, -0.15) is 0 Å². The predicted octanol–water partition coefficient (Wildman–Crippen LogP) is 1.89. The number of amides is 3. The summed E-state index contributed by atoms with van der Waals surface area (Å²) in [6.07, 6.45) is 2.34. The molecule has 0 aliphatic heterocycles. The molecular weight excluding hydrogens is 248 g/mol. The molecule has 6 nitrogen and oxygen atoms in total. The lowest BCUT2D eigenvalue weighted by Gasteiger charge is -2.19. The normalized spacial score (nSPS) is 12.6. The summed E-state index contributed by atoms with van der Waals surface area (Å²) in [5, 5.41) is 13.8. The van der Waals surface area contributed by atoms with Gasteiger partial charge in [0.25, 0.3) is 0 Å². The number of nitrogens with one attached hydrogen (secondary N) is 2. The molecule has 0 spiro atoms. The highest BCUT2D eigenvalue weighted by Crippen LogP contribution is 2.19. The van der Waals surface area contributed by atoms with Crippen molar-refractivity contribution >= 4 is 17.9 Å². The summed E-state index contributed by atoms with van der Waals surface area (Å²) in [6.45, 7) is 6.86. The minimum Gasteiger partial charge on any atom is -0.481 e. The van der Waals surface area contributed by atoms with E-state index < -0.39 is 23.3 Å². The highest BCUT2D eigenvalue weighted by molar-refractivity contribution is 5.96. The van der Waals surface area contributed by atoms with Crippen LogP contribution in [-0.4, -0.2) is 29.1 Å². The third-order valence-corrected chi connectivity index (χ3v) is 2.90. The molecule has 1 unspecified atom stereocenters. The van der Waals surface area contributed by atoms with Gasteiger partial charge in [-0.15, -0.1) is 0 Å². The number of aliphatic carboxylic acids is 1. The van der Waals surface area contributed by atoms with E-state index in [-0.39, 0.29) is 12.5 Å². The fraction of sp³-hybridized carbons (Fsp3) is 0.769. The van der Waals surface area contributed by atoms with Crippen LogP contribution >= 0.6 is 0 Å². The smallest absolute Gasteiger partial charge is 0.321 e. The maximum Gasteiger partial charge on any atom is 0.321 e. The van der Waals surface area contributed by atoms with Crippen molar-refractivity contribution in [1.82, 2.24) is 10.6 Å². The fourth-order valence-electron chi connectivity index (χ4n) is 1.60. The number of imide groups is 1. The maximum atomic E-state index is 11.6. The second-order valence-electron chi connectivity index (χ2n) is 5.28. The van der Waals surface area contributed by atoms with Crippen LogP contribution in [0.1, 0.15) is 53.4 Å². The molecular formula is C13H24N2O4. The molecule has 0 fully saturated rings. The van der Waals surface area contributed by atoms with Crippen LogP contribution in [-0.2, 0) is 9.59 Å². The molecule has 0 bridgehead atoms. The zero-order valence-corrected chi connectivity index (χ0v) is 12.1. The summed E-state index contributed by atoms with van der Waals surface area (Å²) in [4.78, 5) is 34.0. The van der Waals surface area contributed by atoms with E-state index in [4.69, 9.17) is 5.11 Å². The summed E-state index contributed by atoms with van der Waals surface area (Å²) in [6, 6.07) is -0.531. The van der Waals surface area contributed by atoms with Gasteiger partial charge in [0, 0.05) is 12.5 Å². The van der Waals surface area contributed by atoms with E-state index in [2.05, 4.69) is 10.6 Å². The van der Waals surface area contributed by atoms with Crippen LogP contribution in [0.2, 0.25) is 0 Å². The second kappa shape index (κ2) is 7.76. The summed E-state index contributed by atoms with van der Waals surface area (Å²) >= 11 is 0. The first-order chi connectivity index (χ1) is 8.72. The average Bonchev–Trinajstić information content (AvgIpc) is 2.26. The zero-order valence-electron chi connectivity index (χ0n) is 12.1. The largest absolute Gasteiger partial charge is 0.481 e. The Bertz CT molecular complexity index is 340. The van der Waals surface area contributed by atoms with Crippen molar-refractivity contribution < 1.29 is 19.5 Å². The maximum absolute atomic E-state index is 11.6. The van der Waals surface area contributed by atoms with Crippen LogP contribution < -0.4 is 10.6 Å². The molecule has 0 saturated carbocycles. The predicted molar refractivity (Wildman–Crippen MR) is 71.7 cm³/mol. The topological polar surface area (TPSA) is 95.5 Å². The Balaban J connectivity index is 4.26. The first-order valence-electron chi connectivity index (χ1n) is 6.56. The van der Waals surface area contributed by atoms with Crippen molar-refractivity contribution in [2.45, 2.75) is 59.4 Å². The van der Waals surface area contributed by atoms with Gasteiger partial charge in [0.05, 0.1) is 5.41 Å². The fourth-order valence-corrected chi connectivity index (χ4v) is 1.60. The molecule has 0 heterocycles. The Kier molecular flexibility index (Phi) is 7.11. The molecule has 0 aromatic heterocycles. The second-order valence-corrected chi connectivity index (χ2v) is 5.28. The van der Waals surface area contributed by atoms with Crippen LogP contribution in [0.5, 0.6) is 0 Å². The number of carbonyl (C=O) groups is 3. The molecule has 6 heteroatoms. The zero-order chi connectivity index (χ0) is 15.1. The molecule has 110 valence electrons. The Morgan fingerprint density at radius 1 is 1.21 bits per heavy atom. The van der Waals surface area contributed by atoms with Crippen LogP contribution in [0.15, 0.2) is 0 Å². The van der Waals surface area contributed by atoms with E-state index in [1.165, 1.54) is 13.8 Å². The van der Waals surface area contributed by atoms with Crippen molar-refractivity contribution in [1.29, 1.82) is 0 Å². The minimum absolute atomic E-state index is 0.0327. The van der Waals surface area contributed by atoms with Gasteiger partial charge in [0.2, 0.25) is 5.91 Å². The number of urea groups is 1. The number of hydrogen-bond acceptors (Lipinski definition) is 3. The van der Waals surface area contributed by atoms with Gasteiger partial charge < -0.3 is 10.4 Å². The van der Waals surface area contributed by atoms with E-state index in [0.29, 0.717) is 0 Å². The summed E-state index contributed by atoms with van der Waals surface area (Å²) in [5.41, 5.74) is -1.18. The van der Waals surface area contributed by atoms with Gasteiger partial charge in [0.1, 0.15) is 0 Å². The molecule has 0 saturated heterocycles. The number of rotatable bonds is 7. The Hall–Kier alpha value is -1.59. The Labute approximate surface area is 113 Å². The highest BCUT2D eigenvalue weighted by atomic mass is 16.4. The molecule has 0 aromatic rings.